The Hall–Kier alpha value is -3.46. The third-order valence-corrected chi connectivity index (χ3v) is 5.78. The van der Waals surface area contributed by atoms with Gasteiger partial charge in [0.1, 0.15) is 11.9 Å². The Morgan fingerprint density at radius 3 is 2.43 bits per heavy atom. The Morgan fingerprint density at radius 2 is 1.89 bits per heavy atom. The summed E-state index contributed by atoms with van der Waals surface area (Å²) < 4.78 is 0. The molecule has 2 fully saturated rings. The lowest BCUT2D eigenvalue weighted by Crippen LogP contribution is -2.61. The highest BCUT2D eigenvalue weighted by Gasteiger charge is 2.45. The quantitative estimate of drug-likeness (QED) is 0.553. The van der Waals surface area contributed by atoms with Crippen molar-refractivity contribution in [2.24, 2.45) is 0 Å². The molecule has 2 unspecified atom stereocenters. The van der Waals surface area contributed by atoms with Crippen LogP contribution in [0, 0.1) is 6.92 Å². The van der Waals surface area contributed by atoms with E-state index >= 15 is 0 Å². The number of carboxylic acid groups (broad SMARTS) is 1. The topological polar surface area (TPSA) is 129 Å². The van der Waals surface area contributed by atoms with E-state index in [-0.39, 0.29) is 12.5 Å². The van der Waals surface area contributed by atoms with Crippen LogP contribution in [0.2, 0.25) is 0 Å². The summed E-state index contributed by atoms with van der Waals surface area (Å²) in [7, 11) is 0. The number of nitrogen functional groups attached to an aromatic ring is 1. The number of β-lactam (4-membered cyclic amide) rings is 1. The molecule has 0 spiro atoms. The lowest BCUT2D eigenvalue weighted by molar-refractivity contribution is -0.157. The standard InChI is InChI=1S/C18H23N3O4.C6H8N2.C2H6/c1-12(19-18(25)21-15(17(23)24)10-16(21)22)14-6-4-5-13(9-14)11-20-7-2-3-8-20;1-5-2-3-8-6(7)4-5;1-2/h4-6,9,12,15H,2-3,7-8,10-11H2,1H3,(H,19,25)(H,23,24);2-4H,1H3,(H2,7,8);1-2H3. The molecule has 2 aromatic rings. The zero-order chi connectivity index (χ0) is 26.0. The van der Waals surface area contributed by atoms with Crippen LogP contribution in [0.15, 0.2) is 42.6 Å². The highest BCUT2D eigenvalue weighted by atomic mass is 16.4. The minimum absolute atomic E-state index is 0.123. The number of aromatic nitrogens is 1. The molecular formula is C26H37N5O4. The first kappa shape index (κ1) is 27.8. The highest BCUT2D eigenvalue weighted by molar-refractivity contribution is 6.05. The van der Waals surface area contributed by atoms with Crippen LogP contribution in [0.1, 0.15) is 62.8 Å². The van der Waals surface area contributed by atoms with Crippen molar-refractivity contribution in [1.29, 1.82) is 0 Å². The second-order valence-corrected chi connectivity index (χ2v) is 8.48. The minimum Gasteiger partial charge on any atom is -0.480 e. The molecule has 35 heavy (non-hydrogen) atoms. The predicted octanol–water partition coefficient (Wildman–Crippen LogP) is 3.74. The van der Waals surface area contributed by atoms with E-state index < -0.39 is 23.9 Å². The molecule has 0 bridgehead atoms. The number of likely N-dealkylation sites (tertiary alicyclic amines) is 2. The number of anilines is 1. The van der Waals surface area contributed by atoms with Gasteiger partial charge in [-0.3, -0.25) is 9.69 Å². The van der Waals surface area contributed by atoms with Crippen molar-refractivity contribution in [3.63, 3.8) is 0 Å². The Kier molecular flexibility index (Phi) is 10.7. The normalized spacial score (nSPS) is 17.8. The maximum absolute atomic E-state index is 12.2. The number of carboxylic acids is 1. The second-order valence-electron chi connectivity index (χ2n) is 8.48. The number of benzene rings is 1. The first-order valence-corrected chi connectivity index (χ1v) is 12.1. The van der Waals surface area contributed by atoms with Crippen LogP contribution in [0.25, 0.3) is 0 Å². The zero-order valence-corrected chi connectivity index (χ0v) is 21.0. The van der Waals surface area contributed by atoms with Crippen molar-refractivity contribution in [2.75, 3.05) is 18.8 Å². The SMILES string of the molecule is CC.CC(NC(=O)N1C(=O)CC1C(=O)O)c1cccc(CN2CCCC2)c1.Cc1ccnc(N)c1. The minimum atomic E-state index is -1.16. The van der Waals surface area contributed by atoms with Gasteiger partial charge in [0.2, 0.25) is 5.91 Å². The summed E-state index contributed by atoms with van der Waals surface area (Å²) in [5.74, 6) is -1.03. The van der Waals surface area contributed by atoms with Gasteiger partial charge < -0.3 is 16.2 Å². The number of amides is 3. The number of hydrogen-bond donors (Lipinski definition) is 3. The summed E-state index contributed by atoms with van der Waals surface area (Å²) in [6.07, 6.45) is 4.05. The fourth-order valence-corrected chi connectivity index (χ4v) is 3.93. The Morgan fingerprint density at radius 1 is 1.20 bits per heavy atom. The number of aliphatic carboxylic acids is 1. The van der Waals surface area contributed by atoms with E-state index in [0.29, 0.717) is 5.82 Å². The van der Waals surface area contributed by atoms with Gasteiger partial charge in [-0.25, -0.2) is 19.5 Å². The molecule has 2 atom stereocenters. The van der Waals surface area contributed by atoms with Gasteiger partial charge in [0.05, 0.1) is 12.5 Å². The van der Waals surface area contributed by atoms with Gasteiger partial charge in [0, 0.05) is 12.7 Å². The number of carbonyl (C=O) groups excluding carboxylic acids is 2. The molecule has 190 valence electrons. The molecule has 4 N–H and O–H groups in total. The molecule has 1 aromatic heterocycles. The van der Waals surface area contributed by atoms with Crippen LogP contribution >= 0.6 is 0 Å². The van der Waals surface area contributed by atoms with Gasteiger partial charge in [0.25, 0.3) is 0 Å². The summed E-state index contributed by atoms with van der Waals surface area (Å²) in [6.45, 7) is 10.9. The van der Waals surface area contributed by atoms with Crippen LogP contribution < -0.4 is 11.1 Å². The largest absolute Gasteiger partial charge is 0.480 e. The van der Waals surface area contributed by atoms with Crippen molar-refractivity contribution in [2.45, 2.75) is 65.6 Å². The summed E-state index contributed by atoms with van der Waals surface area (Å²) in [5.41, 5.74) is 8.62. The molecule has 3 amide bonds. The van der Waals surface area contributed by atoms with E-state index in [2.05, 4.69) is 27.3 Å². The highest BCUT2D eigenvalue weighted by Crippen LogP contribution is 2.22. The van der Waals surface area contributed by atoms with Gasteiger partial charge in [-0.15, -0.1) is 0 Å². The van der Waals surface area contributed by atoms with E-state index in [4.69, 9.17) is 10.8 Å². The number of pyridine rings is 1. The van der Waals surface area contributed by atoms with E-state index in [1.807, 2.05) is 52.0 Å². The first-order chi connectivity index (χ1) is 16.7. The maximum atomic E-state index is 12.2. The summed E-state index contributed by atoms with van der Waals surface area (Å²) in [5, 5.41) is 11.7. The first-order valence-electron chi connectivity index (χ1n) is 12.1. The Bertz CT molecular complexity index is 989. The number of nitrogens with one attached hydrogen (secondary N) is 1. The molecule has 2 saturated heterocycles. The van der Waals surface area contributed by atoms with Gasteiger partial charge >= 0.3 is 12.0 Å². The van der Waals surface area contributed by atoms with Gasteiger partial charge in [-0.1, -0.05) is 38.1 Å². The molecule has 0 radical (unpaired) electrons. The smallest absolute Gasteiger partial charge is 0.327 e. The molecule has 0 aliphatic carbocycles. The van der Waals surface area contributed by atoms with Crippen molar-refractivity contribution >= 4 is 23.7 Å². The van der Waals surface area contributed by atoms with E-state index in [1.54, 1.807) is 6.20 Å². The van der Waals surface area contributed by atoms with Gasteiger partial charge in [-0.05, 0) is 68.6 Å². The van der Waals surface area contributed by atoms with Crippen molar-refractivity contribution in [3.05, 3.63) is 59.3 Å². The van der Waals surface area contributed by atoms with E-state index in [1.165, 1.54) is 18.4 Å². The fourth-order valence-electron chi connectivity index (χ4n) is 3.93. The van der Waals surface area contributed by atoms with Crippen LogP contribution in [0.4, 0.5) is 10.6 Å². The van der Waals surface area contributed by atoms with Crippen LogP contribution in [0.3, 0.4) is 0 Å². The van der Waals surface area contributed by atoms with Crippen molar-refractivity contribution in [1.82, 2.24) is 20.1 Å². The number of aryl methyl sites for hydroxylation is 1. The summed E-state index contributed by atoms with van der Waals surface area (Å²) in [4.78, 5) is 41.8. The Labute approximate surface area is 207 Å². The third-order valence-electron chi connectivity index (χ3n) is 5.78. The number of rotatable bonds is 5. The van der Waals surface area contributed by atoms with Crippen LogP contribution in [-0.2, 0) is 16.1 Å². The number of urea groups is 1. The van der Waals surface area contributed by atoms with E-state index in [9.17, 15) is 14.4 Å². The molecule has 2 aliphatic rings. The molecule has 4 rings (SSSR count). The average Bonchev–Trinajstić information content (AvgIpc) is 3.32. The number of nitrogens with two attached hydrogens (primary N) is 1. The van der Waals surface area contributed by atoms with Crippen LogP contribution in [0.5, 0.6) is 0 Å². The lowest BCUT2D eigenvalue weighted by Gasteiger charge is -2.36. The monoisotopic (exact) mass is 483 g/mol. The van der Waals surface area contributed by atoms with Gasteiger partial charge in [0.15, 0.2) is 0 Å². The maximum Gasteiger partial charge on any atom is 0.327 e. The fraction of sp³-hybridized carbons (Fsp3) is 0.462. The van der Waals surface area contributed by atoms with Crippen LogP contribution in [-0.4, -0.2) is 56.9 Å². The number of nitrogens with zero attached hydrogens (tertiary/aromatic N) is 3. The molecular weight excluding hydrogens is 446 g/mol. The number of carbonyl (C=O) groups is 3. The zero-order valence-electron chi connectivity index (χ0n) is 21.0. The third kappa shape index (κ3) is 8.06. The molecule has 2 aliphatic heterocycles. The molecule has 9 nitrogen and oxygen atoms in total. The molecule has 1 aromatic carbocycles. The molecule has 3 heterocycles. The second kappa shape index (κ2) is 13.4. The number of hydrogen-bond acceptors (Lipinski definition) is 6. The average molecular weight is 484 g/mol. The van der Waals surface area contributed by atoms with Crippen molar-refractivity contribution < 1.29 is 19.5 Å². The lowest BCUT2D eigenvalue weighted by atomic mass is 10.0. The summed E-state index contributed by atoms with van der Waals surface area (Å²) in [6, 6.07) is 9.72. The predicted molar refractivity (Wildman–Crippen MR) is 136 cm³/mol. The van der Waals surface area contributed by atoms with Gasteiger partial charge in [-0.2, -0.15) is 0 Å². The summed E-state index contributed by atoms with van der Waals surface area (Å²) >= 11 is 0. The number of imide groups is 1. The van der Waals surface area contributed by atoms with E-state index in [0.717, 1.165) is 35.7 Å². The van der Waals surface area contributed by atoms with Crippen molar-refractivity contribution in [3.8, 4) is 0 Å². The molecule has 9 heteroatoms. The molecule has 0 saturated carbocycles. The Balaban J connectivity index is 0.000000363.